The van der Waals surface area contributed by atoms with Gasteiger partial charge in [0, 0.05) is 5.92 Å². The first-order valence-corrected chi connectivity index (χ1v) is 5.65. The van der Waals surface area contributed by atoms with Crippen LogP contribution in [0.25, 0.3) is 0 Å². The molecule has 92 valence electrons. The van der Waals surface area contributed by atoms with Gasteiger partial charge in [-0.15, -0.1) is 0 Å². The topological polar surface area (TPSA) is 17.1 Å². The summed E-state index contributed by atoms with van der Waals surface area (Å²) >= 11 is 0. The van der Waals surface area contributed by atoms with Gasteiger partial charge in [0.1, 0.15) is 17.9 Å². The van der Waals surface area contributed by atoms with Gasteiger partial charge in [-0.05, 0) is 35.7 Å². The van der Waals surface area contributed by atoms with Gasteiger partial charge >= 0.3 is 0 Å². The van der Waals surface area contributed by atoms with Crippen LogP contribution in [-0.4, -0.2) is 6.29 Å². The Morgan fingerprint density at radius 2 is 1.67 bits per heavy atom. The van der Waals surface area contributed by atoms with Crippen molar-refractivity contribution in [2.75, 3.05) is 0 Å². The average molecular weight is 246 g/mol. The predicted molar refractivity (Wildman–Crippen MR) is 65.3 cm³/mol. The maximum Gasteiger partial charge on any atom is 0.127 e. The first-order chi connectivity index (χ1) is 8.70. The standard InChI is InChI=1S/C15H12F2O/c16-14-7-5-11(6-8-14)13(10-18)9-12-3-1-2-4-15(12)17/h1-8,10,13H,9H2. The fraction of sp³-hybridized carbons (Fsp3) is 0.133. The van der Waals surface area contributed by atoms with Crippen LogP contribution in [0.1, 0.15) is 17.0 Å². The van der Waals surface area contributed by atoms with E-state index in [1.807, 2.05) is 0 Å². The zero-order valence-electron chi connectivity index (χ0n) is 9.64. The van der Waals surface area contributed by atoms with Crippen LogP contribution < -0.4 is 0 Å². The third kappa shape index (κ3) is 2.80. The van der Waals surface area contributed by atoms with Crippen LogP contribution in [0.2, 0.25) is 0 Å². The quantitative estimate of drug-likeness (QED) is 0.755. The molecule has 1 atom stereocenters. The lowest BCUT2D eigenvalue weighted by Crippen LogP contribution is -2.06. The van der Waals surface area contributed by atoms with Gasteiger partial charge in [-0.2, -0.15) is 0 Å². The van der Waals surface area contributed by atoms with Crippen LogP contribution in [0.4, 0.5) is 8.78 Å². The van der Waals surface area contributed by atoms with Gasteiger partial charge in [0.15, 0.2) is 0 Å². The van der Waals surface area contributed by atoms with Gasteiger partial charge in [-0.1, -0.05) is 30.3 Å². The third-order valence-electron chi connectivity index (χ3n) is 2.86. The minimum atomic E-state index is -0.456. The summed E-state index contributed by atoms with van der Waals surface area (Å²) in [7, 11) is 0. The number of hydrogen-bond acceptors (Lipinski definition) is 1. The van der Waals surface area contributed by atoms with Gasteiger partial charge in [0.05, 0.1) is 0 Å². The highest BCUT2D eigenvalue weighted by Crippen LogP contribution is 2.20. The summed E-state index contributed by atoms with van der Waals surface area (Å²) in [5.41, 5.74) is 1.17. The molecule has 2 aromatic carbocycles. The number of rotatable bonds is 4. The molecule has 0 aliphatic rings. The van der Waals surface area contributed by atoms with Gasteiger partial charge in [-0.3, -0.25) is 0 Å². The number of hydrogen-bond donors (Lipinski definition) is 0. The van der Waals surface area contributed by atoms with Crippen molar-refractivity contribution in [3.63, 3.8) is 0 Å². The smallest absolute Gasteiger partial charge is 0.127 e. The van der Waals surface area contributed by atoms with E-state index < -0.39 is 5.92 Å². The second-order valence-electron chi connectivity index (χ2n) is 4.09. The van der Waals surface area contributed by atoms with Crippen LogP contribution in [0.15, 0.2) is 48.5 Å². The van der Waals surface area contributed by atoms with Crippen molar-refractivity contribution in [3.8, 4) is 0 Å². The van der Waals surface area contributed by atoms with E-state index in [9.17, 15) is 13.6 Å². The van der Waals surface area contributed by atoms with Gasteiger partial charge in [0.25, 0.3) is 0 Å². The second kappa shape index (κ2) is 5.54. The fourth-order valence-corrected chi connectivity index (χ4v) is 1.86. The normalized spacial score (nSPS) is 12.1. The minimum Gasteiger partial charge on any atom is -0.303 e. The van der Waals surface area contributed by atoms with Crippen molar-refractivity contribution in [1.29, 1.82) is 0 Å². The molecule has 0 radical (unpaired) electrons. The van der Waals surface area contributed by atoms with Crippen molar-refractivity contribution in [3.05, 3.63) is 71.3 Å². The first kappa shape index (κ1) is 12.4. The molecule has 0 saturated heterocycles. The molecule has 0 aromatic heterocycles. The first-order valence-electron chi connectivity index (χ1n) is 5.65. The highest BCUT2D eigenvalue weighted by Gasteiger charge is 2.13. The highest BCUT2D eigenvalue weighted by molar-refractivity contribution is 5.62. The zero-order valence-corrected chi connectivity index (χ0v) is 9.64. The van der Waals surface area contributed by atoms with Crippen LogP contribution in [0.3, 0.4) is 0 Å². The van der Waals surface area contributed by atoms with E-state index in [4.69, 9.17) is 0 Å². The Kier molecular flexibility index (Phi) is 3.82. The zero-order chi connectivity index (χ0) is 13.0. The van der Waals surface area contributed by atoms with Crippen molar-refractivity contribution in [1.82, 2.24) is 0 Å². The minimum absolute atomic E-state index is 0.280. The van der Waals surface area contributed by atoms with Crippen LogP contribution in [0, 0.1) is 11.6 Å². The summed E-state index contributed by atoms with van der Waals surface area (Å²) < 4.78 is 26.3. The van der Waals surface area contributed by atoms with Crippen molar-refractivity contribution in [2.24, 2.45) is 0 Å². The Morgan fingerprint density at radius 1 is 1.00 bits per heavy atom. The molecule has 0 heterocycles. The van der Waals surface area contributed by atoms with Crippen LogP contribution >= 0.6 is 0 Å². The van der Waals surface area contributed by atoms with E-state index in [1.54, 1.807) is 30.3 Å². The average Bonchev–Trinajstić information content (AvgIpc) is 2.39. The largest absolute Gasteiger partial charge is 0.303 e. The van der Waals surface area contributed by atoms with E-state index in [0.29, 0.717) is 11.1 Å². The molecule has 1 unspecified atom stereocenters. The Morgan fingerprint density at radius 3 is 2.28 bits per heavy atom. The van der Waals surface area contributed by atoms with E-state index in [1.165, 1.54) is 18.2 Å². The molecule has 1 nitrogen and oxygen atoms in total. The van der Waals surface area contributed by atoms with Gasteiger partial charge in [-0.25, -0.2) is 8.78 Å². The van der Waals surface area contributed by atoms with E-state index in [0.717, 1.165) is 6.29 Å². The number of benzene rings is 2. The molecule has 0 amide bonds. The Labute approximate surface area is 104 Å². The lowest BCUT2D eigenvalue weighted by atomic mass is 9.93. The highest BCUT2D eigenvalue weighted by atomic mass is 19.1. The maximum absolute atomic E-state index is 13.5. The molecule has 0 aliphatic carbocycles. The molecule has 0 fully saturated rings. The number of aldehydes is 1. The molecule has 3 heteroatoms. The molecule has 0 aliphatic heterocycles. The van der Waals surface area contributed by atoms with Crippen molar-refractivity contribution >= 4 is 6.29 Å². The molecule has 0 N–H and O–H groups in total. The van der Waals surface area contributed by atoms with Crippen LogP contribution in [-0.2, 0) is 11.2 Å². The van der Waals surface area contributed by atoms with Crippen LogP contribution in [0.5, 0.6) is 0 Å². The van der Waals surface area contributed by atoms with Crippen molar-refractivity contribution < 1.29 is 13.6 Å². The molecule has 2 rings (SSSR count). The van der Waals surface area contributed by atoms with Gasteiger partial charge < -0.3 is 4.79 Å². The Balaban J connectivity index is 2.22. The summed E-state index contributed by atoms with van der Waals surface area (Å²) in [6, 6.07) is 12.0. The maximum atomic E-state index is 13.5. The summed E-state index contributed by atoms with van der Waals surface area (Å²) in [4.78, 5) is 11.1. The molecule has 18 heavy (non-hydrogen) atoms. The number of carbonyl (C=O) groups is 1. The predicted octanol–water partition coefficient (Wildman–Crippen LogP) is 3.49. The lowest BCUT2D eigenvalue weighted by Gasteiger charge is -2.11. The van der Waals surface area contributed by atoms with E-state index in [-0.39, 0.29) is 18.1 Å². The summed E-state index contributed by atoms with van der Waals surface area (Å²) in [6.45, 7) is 0. The number of carbonyl (C=O) groups excluding carboxylic acids is 1. The van der Waals surface area contributed by atoms with E-state index >= 15 is 0 Å². The molecular formula is C15H12F2O. The SMILES string of the molecule is O=CC(Cc1ccccc1F)c1ccc(F)cc1. The van der Waals surface area contributed by atoms with Gasteiger partial charge in [0.2, 0.25) is 0 Å². The fourth-order valence-electron chi connectivity index (χ4n) is 1.86. The molecule has 0 saturated carbocycles. The van der Waals surface area contributed by atoms with E-state index in [2.05, 4.69) is 0 Å². The summed E-state index contributed by atoms with van der Waals surface area (Å²) in [6.07, 6.45) is 1.04. The second-order valence-corrected chi connectivity index (χ2v) is 4.09. The third-order valence-corrected chi connectivity index (χ3v) is 2.86. The summed E-state index contributed by atoms with van der Waals surface area (Å²) in [5.74, 6) is -1.14. The summed E-state index contributed by atoms with van der Waals surface area (Å²) in [5, 5.41) is 0. The molecule has 0 bridgehead atoms. The molecule has 0 spiro atoms. The Hall–Kier alpha value is -2.03. The molecular weight excluding hydrogens is 234 g/mol. The monoisotopic (exact) mass is 246 g/mol. The lowest BCUT2D eigenvalue weighted by molar-refractivity contribution is -0.109. The Bertz CT molecular complexity index is 534. The number of halogens is 2. The van der Waals surface area contributed by atoms with Crippen molar-refractivity contribution in [2.45, 2.75) is 12.3 Å². The molecule has 2 aromatic rings.